The first-order valence-corrected chi connectivity index (χ1v) is 8.89. The van der Waals surface area contributed by atoms with E-state index in [4.69, 9.17) is 16.2 Å². The van der Waals surface area contributed by atoms with Crippen LogP contribution in [0.25, 0.3) is 0 Å². The van der Waals surface area contributed by atoms with Gasteiger partial charge in [-0.05, 0) is 55.0 Å². The third kappa shape index (κ3) is 5.67. The number of hydrogen-bond donors (Lipinski definition) is 3. The Morgan fingerprint density at radius 3 is 2.21 bits per heavy atom. The molecule has 29 heavy (non-hydrogen) atoms. The fraction of sp³-hybridized carbons (Fsp3) is 0.0455. The third-order valence-corrected chi connectivity index (χ3v) is 3.95. The van der Waals surface area contributed by atoms with Gasteiger partial charge in [0.1, 0.15) is 11.5 Å². The number of benzene rings is 3. The number of nitrogens with zero attached hydrogens (tertiary/aromatic N) is 2. The first kappa shape index (κ1) is 19.6. The molecule has 0 aromatic heterocycles. The lowest BCUT2D eigenvalue weighted by atomic mass is 10.1. The highest BCUT2D eigenvalue weighted by Gasteiger charge is 2.08. The predicted octanol–water partition coefficient (Wildman–Crippen LogP) is 3.73. The molecule has 0 saturated heterocycles. The van der Waals surface area contributed by atoms with E-state index >= 15 is 0 Å². The Kier molecular flexibility index (Phi) is 6.22. The van der Waals surface area contributed by atoms with Crippen LogP contribution >= 0.6 is 0 Å². The molecule has 1 amide bonds. The Labute approximate surface area is 168 Å². The van der Waals surface area contributed by atoms with Crippen LogP contribution in [0.15, 0.2) is 89.1 Å². The molecule has 0 atom stereocenters. The van der Waals surface area contributed by atoms with E-state index < -0.39 is 0 Å². The quantitative estimate of drug-likeness (QED) is 0.339. The van der Waals surface area contributed by atoms with Crippen LogP contribution in [0.5, 0.6) is 11.5 Å². The van der Waals surface area contributed by atoms with Gasteiger partial charge in [-0.1, -0.05) is 36.4 Å². The molecule has 3 aromatic rings. The van der Waals surface area contributed by atoms with E-state index in [0.717, 1.165) is 5.56 Å². The van der Waals surface area contributed by atoms with Gasteiger partial charge >= 0.3 is 0 Å². The normalized spacial score (nSPS) is 10.9. The van der Waals surface area contributed by atoms with Crippen LogP contribution in [0.2, 0.25) is 0 Å². The highest BCUT2D eigenvalue weighted by Crippen LogP contribution is 2.22. The first-order valence-electron chi connectivity index (χ1n) is 8.89. The van der Waals surface area contributed by atoms with Crippen molar-refractivity contribution in [3.05, 3.63) is 90.0 Å². The van der Waals surface area contributed by atoms with Crippen molar-refractivity contribution in [3.8, 4) is 11.5 Å². The van der Waals surface area contributed by atoms with Crippen LogP contribution in [0, 0.1) is 0 Å². The number of hydrogen-bond acceptors (Lipinski definition) is 4. The van der Waals surface area contributed by atoms with Crippen molar-refractivity contribution < 1.29 is 9.53 Å². The SMILES string of the molecule is C/C(=N\N=C(N)N)c1ccc(NC(=O)c2cccc(Oc3ccccc3)c2)cc1. The van der Waals surface area contributed by atoms with Crippen LogP contribution in [0.4, 0.5) is 5.69 Å². The minimum Gasteiger partial charge on any atom is -0.457 e. The van der Waals surface area contributed by atoms with Crippen molar-refractivity contribution in [2.24, 2.45) is 21.7 Å². The summed E-state index contributed by atoms with van der Waals surface area (Å²) in [5.74, 6) is 0.957. The lowest BCUT2D eigenvalue weighted by Crippen LogP contribution is -2.22. The first-order chi connectivity index (χ1) is 14.0. The van der Waals surface area contributed by atoms with E-state index in [0.29, 0.717) is 28.5 Å². The van der Waals surface area contributed by atoms with Gasteiger partial charge in [-0.15, -0.1) is 5.10 Å². The molecule has 0 radical (unpaired) electrons. The molecular formula is C22H21N5O2. The molecule has 0 unspecified atom stereocenters. The van der Waals surface area contributed by atoms with Gasteiger partial charge in [0.25, 0.3) is 5.91 Å². The number of amides is 1. The number of nitrogens with two attached hydrogens (primary N) is 2. The van der Waals surface area contributed by atoms with Gasteiger partial charge < -0.3 is 21.5 Å². The number of guanidine groups is 1. The van der Waals surface area contributed by atoms with Crippen molar-refractivity contribution in [3.63, 3.8) is 0 Å². The lowest BCUT2D eigenvalue weighted by molar-refractivity contribution is 0.102. The predicted molar refractivity (Wildman–Crippen MR) is 115 cm³/mol. The van der Waals surface area contributed by atoms with Gasteiger partial charge in [0.15, 0.2) is 0 Å². The van der Waals surface area contributed by atoms with Crippen LogP contribution < -0.4 is 21.5 Å². The Bertz CT molecular complexity index is 1040. The summed E-state index contributed by atoms with van der Waals surface area (Å²) >= 11 is 0. The number of carbonyl (C=O) groups excluding carboxylic acids is 1. The Morgan fingerprint density at radius 2 is 1.52 bits per heavy atom. The van der Waals surface area contributed by atoms with Crippen molar-refractivity contribution in [2.75, 3.05) is 5.32 Å². The molecule has 7 heteroatoms. The van der Waals surface area contributed by atoms with E-state index in [1.54, 1.807) is 43.3 Å². The second-order valence-electron chi connectivity index (χ2n) is 6.18. The zero-order valence-corrected chi connectivity index (χ0v) is 15.9. The third-order valence-electron chi connectivity index (χ3n) is 3.95. The fourth-order valence-corrected chi connectivity index (χ4v) is 2.51. The van der Waals surface area contributed by atoms with E-state index in [-0.39, 0.29) is 11.9 Å². The number of rotatable bonds is 6. The number of nitrogens with one attached hydrogen (secondary N) is 1. The highest BCUT2D eigenvalue weighted by molar-refractivity contribution is 6.05. The summed E-state index contributed by atoms with van der Waals surface area (Å²) in [6.45, 7) is 1.79. The molecule has 0 heterocycles. The maximum Gasteiger partial charge on any atom is 0.255 e. The number of anilines is 1. The van der Waals surface area contributed by atoms with Gasteiger partial charge in [0.2, 0.25) is 5.96 Å². The average Bonchev–Trinajstić information content (AvgIpc) is 2.73. The fourth-order valence-electron chi connectivity index (χ4n) is 2.51. The van der Waals surface area contributed by atoms with Crippen LogP contribution in [0.1, 0.15) is 22.8 Å². The van der Waals surface area contributed by atoms with Gasteiger partial charge in [-0.2, -0.15) is 5.10 Å². The van der Waals surface area contributed by atoms with Gasteiger partial charge in [0, 0.05) is 11.3 Å². The largest absolute Gasteiger partial charge is 0.457 e. The maximum atomic E-state index is 12.6. The zero-order chi connectivity index (χ0) is 20.6. The van der Waals surface area contributed by atoms with E-state index in [1.165, 1.54) is 0 Å². The standard InChI is InChI=1S/C22H21N5O2/c1-15(26-27-22(23)24)16-10-12-18(13-11-16)25-21(28)17-6-5-9-20(14-17)29-19-7-3-2-4-8-19/h2-14H,1H3,(H,25,28)(H4,23,24,27)/b26-15+. The minimum absolute atomic E-state index is 0.105. The van der Waals surface area contributed by atoms with Crippen molar-refractivity contribution >= 4 is 23.3 Å². The van der Waals surface area contributed by atoms with Crippen molar-refractivity contribution in [2.45, 2.75) is 6.92 Å². The second kappa shape index (κ2) is 9.18. The summed E-state index contributed by atoms with van der Waals surface area (Å²) in [5, 5.41) is 10.4. The van der Waals surface area contributed by atoms with Gasteiger partial charge in [0.05, 0.1) is 5.71 Å². The minimum atomic E-state index is -0.234. The summed E-state index contributed by atoms with van der Waals surface area (Å²) in [4.78, 5) is 12.6. The van der Waals surface area contributed by atoms with Gasteiger partial charge in [-0.25, -0.2) is 0 Å². The molecule has 146 valence electrons. The summed E-state index contributed by atoms with van der Waals surface area (Å²) in [6.07, 6.45) is 0. The van der Waals surface area contributed by atoms with E-state index in [9.17, 15) is 4.79 Å². The molecule has 0 aliphatic rings. The molecule has 7 nitrogen and oxygen atoms in total. The second-order valence-corrected chi connectivity index (χ2v) is 6.18. The summed E-state index contributed by atoms with van der Waals surface area (Å²) in [6, 6.07) is 23.6. The van der Waals surface area contributed by atoms with Crippen LogP contribution in [0.3, 0.4) is 0 Å². The Hall–Kier alpha value is -4.13. The smallest absolute Gasteiger partial charge is 0.255 e. The molecule has 0 bridgehead atoms. The molecule has 3 aromatic carbocycles. The van der Waals surface area contributed by atoms with Gasteiger partial charge in [-0.3, -0.25) is 4.79 Å². The summed E-state index contributed by atoms with van der Waals surface area (Å²) in [5.41, 5.74) is 13.2. The maximum absolute atomic E-state index is 12.6. The van der Waals surface area contributed by atoms with Crippen molar-refractivity contribution in [1.82, 2.24) is 0 Å². The molecule has 0 aliphatic carbocycles. The topological polar surface area (TPSA) is 115 Å². The molecule has 3 rings (SSSR count). The number of para-hydroxylation sites is 1. The summed E-state index contributed by atoms with van der Waals surface area (Å²) in [7, 11) is 0. The lowest BCUT2D eigenvalue weighted by Gasteiger charge is -2.09. The molecular weight excluding hydrogens is 366 g/mol. The van der Waals surface area contributed by atoms with Crippen LogP contribution in [-0.4, -0.2) is 17.6 Å². The zero-order valence-electron chi connectivity index (χ0n) is 15.9. The monoisotopic (exact) mass is 387 g/mol. The Morgan fingerprint density at radius 1 is 0.828 bits per heavy atom. The molecule has 0 fully saturated rings. The molecule has 0 spiro atoms. The number of carbonyl (C=O) groups is 1. The Balaban J connectivity index is 1.68. The number of ether oxygens (including phenoxy) is 1. The molecule has 0 aliphatic heterocycles. The van der Waals surface area contributed by atoms with Crippen LogP contribution in [-0.2, 0) is 0 Å². The van der Waals surface area contributed by atoms with E-state index in [1.807, 2.05) is 42.5 Å². The average molecular weight is 387 g/mol. The van der Waals surface area contributed by atoms with Crippen molar-refractivity contribution in [1.29, 1.82) is 0 Å². The molecule has 0 saturated carbocycles. The highest BCUT2D eigenvalue weighted by atomic mass is 16.5. The summed E-state index contributed by atoms with van der Waals surface area (Å²) < 4.78 is 5.78. The molecule has 5 N–H and O–H groups in total. The van der Waals surface area contributed by atoms with E-state index in [2.05, 4.69) is 15.5 Å².